The minimum Gasteiger partial charge on any atom is -0.360 e. The van der Waals surface area contributed by atoms with E-state index in [0.717, 1.165) is 25.9 Å². The normalized spacial score (nSPS) is 28.7. The van der Waals surface area contributed by atoms with Gasteiger partial charge >= 0.3 is 0 Å². The summed E-state index contributed by atoms with van der Waals surface area (Å²) in [6.07, 6.45) is 7.29. The van der Waals surface area contributed by atoms with Crippen LogP contribution in [0.4, 0.5) is 0 Å². The molecule has 1 aromatic rings. The second-order valence-corrected chi connectivity index (χ2v) is 9.67. The lowest BCUT2D eigenvalue weighted by atomic mass is 9.77. The summed E-state index contributed by atoms with van der Waals surface area (Å²) in [5.41, 5.74) is -0.542. The predicted molar refractivity (Wildman–Crippen MR) is 90.2 cm³/mol. The van der Waals surface area contributed by atoms with E-state index in [1.54, 1.807) is 6.92 Å². The van der Waals surface area contributed by atoms with Crippen molar-refractivity contribution in [2.45, 2.75) is 50.3 Å². The molecule has 0 unspecified atom stereocenters. The van der Waals surface area contributed by atoms with Gasteiger partial charge in [0.2, 0.25) is 15.9 Å². The van der Waals surface area contributed by atoms with Gasteiger partial charge in [-0.1, -0.05) is 11.6 Å². The van der Waals surface area contributed by atoms with Crippen molar-refractivity contribution in [3.8, 4) is 0 Å². The zero-order chi connectivity index (χ0) is 17.7. The van der Waals surface area contributed by atoms with Gasteiger partial charge < -0.3 is 9.42 Å². The van der Waals surface area contributed by atoms with E-state index in [4.69, 9.17) is 4.52 Å². The van der Waals surface area contributed by atoms with Crippen molar-refractivity contribution in [3.05, 3.63) is 12.0 Å². The first-order valence-electron chi connectivity index (χ1n) is 9.13. The molecule has 3 aliphatic rings. The summed E-state index contributed by atoms with van der Waals surface area (Å²) in [7, 11) is -3.65. The van der Waals surface area contributed by atoms with Gasteiger partial charge in [-0.05, 0) is 44.9 Å². The number of likely N-dealkylation sites (tertiary alicyclic amines) is 1. The molecule has 0 bridgehead atoms. The highest BCUT2D eigenvalue weighted by atomic mass is 32.2. The Bertz CT molecular complexity index is 771. The van der Waals surface area contributed by atoms with Crippen molar-refractivity contribution < 1.29 is 17.7 Å². The summed E-state index contributed by atoms with van der Waals surface area (Å²) >= 11 is 0. The predicted octanol–water partition coefficient (Wildman–Crippen LogP) is 1.79. The third-order valence-electron chi connectivity index (χ3n) is 6.17. The van der Waals surface area contributed by atoms with Crippen LogP contribution >= 0.6 is 0 Å². The molecule has 25 heavy (non-hydrogen) atoms. The van der Waals surface area contributed by atoms with Gasteiger partial charge in [0.25, 0.3) is 0 Å². The number of hydrogen-bond acceptors (Lipinski definition) is 5. The van der Waals surface area contributed by atoms with Gasteiger partial charge in [0.05, 0.1) is 11.6 Å². The Balaban J connectivity index is 1.52. The number of aromatic nitrogens is 1. The molecule has 4 rings (SSSR count). The van der Waals surface area contributed by atoms with Crippen molar-refractivity contribution in [2.24, 2.45) is 11.3 Å². The fraction of sp³-hybridized carbons (Fsp3) is 0.765. The molecule has 7 nitrogen and oxygen atoms in total. The van der Waals surface area contributed by atoms with E-state index in [-0.39, 0.29) is 17.3 Å². The van der Waals surface area contributed by atoms with Crippen LogP contribution in [0.5, 0.6) is 0 Å². The number of sulfonamides is 1. The molecule has 2 saturated heterocycles. The lowest BCUT2D eigenvalue weighted by Gasteiger charge is -2.42. The molecule has 138 valence electrons. The third-order valence-corrected chi connectivity index (χ3v) is 8.11. The average molecular weight is 367 g/mol. The number of carbonyl (C=O) groups excluding carboxylic acids is 1. The van der Waals surface area contributed by atoms with E-state index >= 15 is 0 Å². The smallest absolute Gasteiger partial charge is 0.248 e. The van der Waals surface area contributed by atoms with Crippen molar-refractivity contribution in [1.29, 1.82) is 0 Å². The lowest BCUT2D eigenvalue weighted by molar-refractivity contribution is -0.146. The Kier molecular flexibility index (Phi) is 4.15. The van der Waals surface area contributed by atoms with Crippen LogP contribution in [0.15, 0.2) is 15.6 Å². The Morgan fingerprint density at radius 1 is 1.28 bits per heavy atom. The summed E-state index contributed by atoms with van der Waals surface area (Å²) in [6, 6.07) is 0. The van der Waals surface area contributed by atoms with Crippen LogP contribution in [-0.4, -0.2) is 54.9 Å². The maximum absolute atomic E-state index is 13.1. The second-order valence-electron chi connectivity index (χ2n) is 7.77. The molecule has 1 aromatic heterocycles. The highest BCUT2D eigenvalue weighted by Gasteiger charge is 2.51. The zero-order valence-corrected chi connectivity index (χ0v) is 15.4. The monoisotopic (exact) mass is 367 g/mol. The van der Waals surface area contributed by atoms with Gasteiger partial charge in [-0.2, -0.15) is 4.31 Å². The third kappa shape index (κ3) is 2.79. The van der Waals surface area contributed by atoms with Gasteiger partial charge in [0, 0.05) is 26.2 Å². The minimum atomic E-state index is -3.65. The topological polar surface area (TPSA) is 83.7 Å². The molecule has 1 amide bonds. The first-order valence-corrected chi connectivity index (χ1v) is 10.6. The molecule has 1 atom stereocenters. The van der Waals surface area contributed by atoms with Gasteiger partial charge in [0.1, 0.15) is 4.90 Å². The van der Waals surface area contributed by atoms with Crippen LogP contribution < -0.4 is 0 Å². The van der Waals surface area contributed by atoms with E-state index in [1.807, 2.05) is 4.90 Å². The molecule has 3 fully saturated rings. The molecular weight excluding hydrogens is 342 g/mol. The van der Waals surface area contributed by atoms with E-state index in [2.05, 4.69) is 5.16 Å². The largest absolute Gasteiger partial charge is 0.360 e. The number of carbonyl (C=O) groups is 1. The highest BCUT2D eigenvalue weighted by molar-refractivity contribution is 7.89. The molecule has 0 aromatic carbocycles. The number of aryl methyl sites for hydroxylation is 1. The lowest BCUT2D eigenvalue weighted by Crippen LogP contribution is -2.52. The highest BCUT2D eigenvalue weighted by Crippen LogP contribution is 2.43. The van der Waals surface area contributed by atoms with E-state index < -0.39 is 15.4 Å². The maximum atomic E-state index is 13.1. The summed E-state index contributed by atoms with van der Waals surface area (Å²) in [5.74, 6) is 1.09. The van der Waals surface area contributed by atoms with Gasteiger partial charge in [-0.3, -0.25) is 4.79 Å². The minimum absolute atomic E-state index is 0.110. The van der Waals surface area contributed by atoms with Crippen molar-refractivity contribution >= 4 is 15.9 Å². The molecule has 3 heterocycles. The zero-order valence-electron chi connectivity index (χ0n) is 14.6. The van der Waals surface area contributed by atoms with Crippen LogP contribution in [-0.2, 0) is 14.8 Å². The van der Waals surface area contributed by atoms with E-state index in [0.29, 0.717) is 24.6 Å². The second kappa shape index (κ2) is 6.09. The molecule has 1 spiro atoms. The number of amides is 1. The molecule has 1 saturated carbocycles. The Labute approximate surface area is 148 Å². The van der Waals surface area contributed by atoms with Gasteiger partial charge in [0.15, 0.2) is 5.76 Å². The van der Waals surface area contributed by atoms with Gasteiger partial charge in [-0.25, -0.2) is 8.42 Å². The molecular formula is C17H25N3O4S. The number of hydrogen-bond donors (Lipinski definition) is 0. The van der Waals surface area contributed by atoms with E-state index in [1.165, 1.54) is 29.8 Å². The van der Waals surface area contributed by atoms with Crippen molar-refractivity contribution in [3.63, 3.8) is 0 Å². The SMILES string of the molecule is Cc1oncc1S(=O)(=O)N1CC[C@@]2(CCCN(CC3CCC3)C2=O)C1. The van der Waals surface area contributed by atoms with Crippen LogP contribution in [0.3, 0.4) is 0 Å². The first-order chi connectivity index (χ1) is 11.9. The average Bonchev–Trinajstić information content (AvgIpc) is 3.15. The Morgan fingerprint density at radius 3 is 2.72 bits per heavy atom. The fourth-order valence-electron chi connectivity index (χ4n) is 4.41. The molecule has 2 aliphatic heterocycles. The Morgan fingerprint density at radius 2 is 2.08 bits per heavy atom. The van der Waals surface area contributed by atoms with Crippen LogP contribution in [0, 0.1) is 18.3 Å². The molecule has 8 heteroatoms. The van der Waals surface area contributed by atoms with Crippen LogP contribution in [0.25, 0.3) is 0 Å². The molecule has 1 aliphatic carbocycles. The fourth-order valence-corrected chi connectivity index (χ4v) is 6.01. The number of piperidine rings is 1. The summed E-state index contributed by atoms with van der Waals surface area (Å²) in [6.45, 7) is 3.92. The van der Waals surface area contributed by atoms with Gasteiger partial charge in [-0.15, -0.1) is 0 Å². The number of rotatable bonds is 4. The standard InChI is InChI=1S/C17H25N3O4S/c1-13-15(10-18-24-13)25(22,23)20-9-7-17(12-20)6-3-8-19(16(17)21)11-14-4-2-5-14/h10,14H,2-9,11-12H2,1H3/t17-/m0/s1. The van der Waals surface area contributed by atoms with Crippen molar-refractivity contribution in [1.82, 2.24) is 14.4 Å². The summed E-state index contributed by atoms with van der Waals surface area (Å²) in [4.78, 5) is 15.2. The molecule has 0 radical (unpaired) electrons. The van der Waals surface area contributed by atoms with Crippen molar-refractivity contribution in [2.75, 3.05) is 26.2 Å². The number of nitrogens with zero attached hydrogens (tertiary/aromatic N) is 3. The molecule has 0 N–H and O–H groups in total. The first kappa shape index (κ1) is 17.0. The van der Waals surface area contributed by atoms with Crippen LogP contribution in [0.2, 0.25) is 0 Å². The van der Waals surface area contributed by atoms with E-state index in [9.17, 15) is 13.2 Å². The quantitative estimate of drug-likeness (QED) is 0.810. The maximum Gasteiger partial charge on any atom is 0.248 e. The summed E-state index contributed by atoms with van der Waals surface area (Å²) < 4.78 is 32.1. The van der Waals surface area contributed by atoms with Crippen LogP contribution in [0.1, 0.15) is 44.3 Å². The Hall–Kier alpha value is -1.41. The summed E-state index contributed by atoms with van der Waals surface area (Å²) in [5, 5.41) is 3.58.